The van der Waals surface area contributed by atoms with Gasteiger partial charge in [-0.3, -0.25) is 14.9 Å². The van der Waals surface area contributed by atoms with Gasteiger partial charge in [-0.15, -0.1) is 0 Å². The molecule has 2 atom stereocenters. The first-order valence-corrected chi connectivity index (χ1v) is 7.89. The van der Waals surface area contributed by atoms with Crippen molar-refractivity contribution in [3.8, 4) is 0 Å². The molecule has 6 nitrogen and oxygen atoms in total. The molecule has 3 rings (SSSR count). The van der Waals surface area contributed by atoms with Crippen LogP contribution in [0, 0.1) is 10.1 Å². The number of nitro benzene ring substituents is 1. The zero-order valence-corrected chi connectivity index (χ0v) is 13.4. The first kappa shape index (κ1) is 16.0. The third-order valence-electron chi connectivity index (χ3n) is 4.72. The van der Waals surface area contributed by atoms with Gasteiger partial charge in [-0.05, 0) is 31.0 Å². The minimum atomic E-state index is -0.563. The van der Waals surface area contributed by atoms with Gasteiger partial charge in [0.1, 0.15) is 5.69 Å². The lowest BCUT2D eigenvalue weighted by Gasteiger charge is -2.25. The number of carbonyl (C=O) groups is 1. The molecule has 0 aliphatic carbocycles. The van der Waals surface area contributed by atoms with Gasteiger partial charge in [0, 0.05) is 30.1 Å². The van der Waals surface area contributed by atoms with Gasteiger partial charge in [0.25, 0.3) is 11.6 Å². The molecular weight excluding hydrogens is 306 g/mol. The Hall–Kier alpha value is -2.89. The Morgan fingerprint density at radius 3 is 2.62 bits per heavy atom. The fourth-order valence-electron chi connectivity index (χ4n) is 3.37. The molecule has 1 saturated heterocycles. The molecule has 1 fully saturated rings. The molecule has 2 unspecified atom stereocenters. The molecule has 0 aromatic heterocycles. The Kier molecular flexibility index (Phi) is 4.20. The third-order valence-corrected chi connectivity index (χ3v) is 4.72. The zero-order valence-electron chi connectivity index (χ0n) is 13.4. The third kappa shape index (κ3) is 2.82. The summed E-state index contributed by atoms with van der Waals surface area (Å²) in [5.74, 6) is 0.0861. The number of carbonyl (C=O) groups excluding carboxylic acids is 1. The van der Waals surface area contributed by atoms with E-state index >= 15 is 0 Å². The quantitative estimate of drug-likeness (QED) is 0.533. The number of amides is 1. The Labute approximate surface area is 140 Å². The average molecular weight is 325 g/mol. The fourth-order valence-corrected chi connectivity index (χ4v) is 3.37. The number of nitrogens with two attached hydrogens (primary N) is 1. The summed E-state index contributed by atoms with van der Waals surface area (Å²) in [4.78, 5) is 25.0. The second kappa shape index (κ2) is 6.31. The highest BCUT2D eigenvalue weighted by molar-refractivity contribution is 5.96. The Bertz CT molecular complexity index is 776. The number of hydrogen-bond donors (Lipinski definition) is 1. The van der Waals surface area contributed by atoms with Crippen LogP contribution >= 0.6 is 0 Å². The second-order valence-electron chi connectivity index (χ2n) is 6.08. The van der Waals surface area contributed by atoms with Gasteiger partial charge in [-0.2, -0.15) is 0 Å². The summed E-state index contributed by atoms with van der Waals surface area (Å²) in [5, 5.41) is 11.0. The van der Waals surface area contributed by atoms with Crippen molar-refractivity contribution in [2.45, 2.75) is 25.3 Å². The molecule has 1 amide bonds. The molecule has 1 heterocycles. The molecule has 0 saturated carbocycles. The minimum absolute atomic E-state index is 0.0384. The summed E-state index contributed by atoms with van der Waals surface area (Å²) >= 11 is 0. The van der Waals surface area contributed by atoms with E-state index < -0.39 is 4.92 Å². The van der Waals surface area contributed by atoms with E-state index in [4.69, 9.17) is 5.73 Å². The van der Waals surface area contributed by atoms with E-state index in [1.165, 1.54) is 17.7 Å². The maximum atomic E-state index is 12.8. The predicted octanol–water partition coefficient (Wildman–Crippen LogP) is 3.20. The van der Waals surface area contributed by atoms with Gasteiger partial charge in [0.15, 0.2) is 0 Å². The smallest absolute Gasteiger partial charge is 0.292 e. The van der Waals surface area contributed by atoms with Gasteiger partial charge < -0.3 is 10.6 Å². The van der Waals surface area contributed by atoms with Crippen LogP contribution in [-0.2, 0) is 0 Å². The van der Waals surface area contributed by atoms with E-state index in [1.807, 2.05) is 25.1 Å². The van der Waals surface area contributed by atoms with Crippen LogP contribution in [0.2, 0.25) is 0 Å². The Morgan fingerprint density at radius 1 is 1.25 bits per heavy atom. The van der Waals surface area contributed by atoms with Crippen LogP contribution in [0.25, 0.3) is 0 Å². The monoisotopic (exact) mass is 325 g/mol. The number of nitro groups is 1. The van der Waals surface area contributed by atoms with Gasteiger partial charge in [-0.25, -0.2) is 0 Å². The van der Waals surface area contributed by atoms with Crippen LogP contribution in [0.4, 0.5) is 11.4 Å². The maximum absolute atomic E-state index is 12.8. The van der Waals surface area contributed by atoms with Crippen LogP contribution in [0.3, 0.4) is 0 Å². The highest BCUT2D eigenvalue weighted by Gasteiger charge is 2.35. The first-order valence-electron chi connectivity index (χ1n) is 7.89. The Morgan fingerprint density at radius 2 is 1.96 bits per heavy atom. The summed E-state index contributed by atoms with van der Waals surface area (Å²) in [5.41, 5.74) is 6.95. The molecular formula is C18H19N3O3. The van der Waals surface area contributed by atoms with Crippen LogP contribution < -0.4 is 5.73 Å². The van der Waals surface area contributed by atoms with Crippen LogP contribution in [-0.4, -0.2) is 28.3 Å². The van der Waals surface area contributed by atoms with Crippen molar-refractivity contribution in [1.29, 1.82) is 0 Å². The van der Waals surface area contributed by atoms with Gasteiger partial charge >= 0.3 is 0 Å². The minimum Gasteiger partial charge on any atom is -0.393 e. The second-order valence-corrected chi connectivity index (χ2v) is 6.08. The summed E-state index contributed by atoms with van der Waals surface area (Å²) in [6.45, 7) is 2.66. The van der Waals surface area contributed by atoms with Gasteiger partial charge in [0.05, 0.1) is 4.92 Å². The lowest BCUT2D eigenvalue weighted by Crippen LogP contribution is -2.35. The van der Waals surface area contributed by atoms with E-state index in [0.29, 0.717) is 12.1 Å². The highest BCUT2D eigenvalue weighted by atomic mass is 16.6. The van der Waals surface area contributed by atoms with Crippen LogP contribution in [0.1, 0.15) is 35.2 Å². The van der Waals surface area contributed by atoms with Crippen molar-refractivity contribution in [1.82, 2.24) is 4.90 Å². The molecule has 2 aromatic rings. The maximum Gasteiger partial charge on any atom is 0.292 e. The summed E-state index contributed by atoms with van der Waals surface area (Å²) < 4.78 is 0. The Balaban J connectivity index is 1.84. The predicted molar refractivity (Wildman–Crippen MR) is 91.8 cm³/mol. The van der Waals surface area contributed by atoms with Crippen molar-refractivity contribution in [3.05, 3.63) is 69.8 Å². The number of nitrogen functional groups attached to an aromatic ring is 1. The van der Waals surface area contributed by atoms with Crippen molar-refractivity contribution < 1.29 is 9.72 Å². The van der Waals surface area contributed by atoms with E-state index in [0.717, 1.165) is 6.42 Å². The number of rotatable bonds is 3. The number of likely N-dealkylation sites (tertiary alicyclic amines) is 1. The summed E-state index contributed by atoms with van der Waals surface area (Å²) in [7, 11) is 0. The van der Waals surface area contributed by atoms with E-state index in [2.05, 4.69) is 12.1 Å². The van der Waals surface area contributed by atoms with E-state index in [9.17, 15) is 14.9 Å². The molecule has 24 heavy (non-hydrogen) atoms. The lowest BCUT2D eigenvalue weighted by atomic mass is 9.93. The highest BCUT2D eigenvalue weighted by Crippen LogP contribution is 2.34. The molecule has 2 N–H and O–H groups in total. The standard InChI is InChI=1S/C18H19N3O3/c1-12-15(13-5-3-2-4-6-13)9-10-20(12)18(22)14-7-8-16(19)17(11-14)21(23)24/h2-8,11-12,15H,9-10,19H2,1H3. The van der Waals surface area contributed by atoms with Crippen molar-refractivity contribution in [3.63, 3.8) is 0 Å². The normalized spacial score (nSPS) is 20.1. The van der Waals surface area contributed by atoms with Gasteiger partial charge in [0.2, 0.25) is 0 Å². The molecule has 124 valence electrons. The number of benzene rings is 2. The molecule has 6 heteroatoms. The molecule has 1 aliphatic rings. The largest absolute Gasteiger partial charge is 0.393 e. The van der Waals surface area contributed by atoms with Crippen LogP contribution in [0.5, 0.6) is 0 Å². The van der Waals surface area contributed by atoms with Crippen LogP contribution in [0.15, 0.2) is 48.5 Å². The van der Waals surface area contributed by atoms with E-state index in [-0.39, 0.29) is 29.2 Å². The molecule has 1 aliphatic heterocycles. The van der Waals surface area contributed by atoms with Crippen molar-refractivity contribution >= 4 is 17.3 Å². The fraction of sp³-hybridized carbons (Fsp3) is 0.278. The molecule has 0 spiro atoms. The SMILES string of the molecule is CC1C(c2ccccc2)CCN1C(=O)c1ccc(N)c([N+](=O)[O-])c1. The first-order chi connectivity index (χ1) is 11.5. The van der Waals surface area contributed by atoms with Crippen molar-refractivity contribution in [2.75, 3.05) is 12.3 Å². The average Bonchev–Trinajstić information content (AvgIpc) is 2.96. The molecule has 0 radical (unpaired) electrons. The van der Waals surface area contributed by atoms with Gasteiger partial charge in [-0.1, -0.05) is 30.3 Å². The van der Waals surface area contributed by atoms with E-state index in [1.54, 1.807) is 11.0 Å². The number of hydrogen-bond acceptors (Lipinski definition) is 4. The lowest BCUT2D eigenvalue weighted by molar-refractivity contribution is -0.383. The van der Waals surface area contributed by atoms with Crippen molar-refractivity contribution in [2.24, 2.45) is 0 Å². The topological polar surface area (TPSA) is 89.5 Å². The zero-order chi connectivity index (χ0) is 17.3. The summed E-state index contributed by atoms with van der Waals surface area (Å²) in [6.07, 6.45) is 0.883. The summed E-state index contributed by atoms with van der Waals surface area (Å²) in [6, 6.07) is 14.4. The number of anilines is 1. The number of nitrogens with zero attached hydrogens (tertiary/aromatic N) is 2. The molecule has 2 aromatic carbocycles. The molecule has 0 bridgehead atoms.